The van der Waals surface area contributed by atoms with Crippen molar-refractivity contribution in [2.45, 2.75) is 12.6 Å². The maximum Gasteiger partial charge on any atom is 0.321 e. The third-order valence-corrected chi connectivity index (χ3v) is 1.94. The monoisotopic (exact) mass is 209 g/mol. The van der Waals surface area contributed by atoms with Crippen LogP contribution in [0, 0.1) is 0 Å². The molecule has 1 amide bonds. The van der Waals surface area contributed by atoms with E-state index in [-0.39, 0.29) is 11.3 Å². The number of hydrogen-bond donors (Lipinski definition) is 1. The molecule has 6 nitrogen and oxygen atoms in total. The van der Waals surface area contributed by atoms with Gasteiger partial charge in [0, 0.05) is 5.56 Å². The van der Waals surface area contributed by atoms with E-state index in [0.29, 0.717) is 5.75 Å². The predicted octanol–water partition coefficient (Wildman–Crippen LogP) is 0.129. The van der Waals surface area contributed by atoms with Crippen LogP contribution in [-0.4, -0.2) is 12.2 Å². The summed E-state index contributed by atoms with van der Waals surface area (Å²) in [6, 6.07) is 3.98. The molecule has 0 spiro atoms. The van der Waals surface area contributed by atoms with E-state index < -0.39 is 18.5 Å². The lowest BCUT2D eigenvalue weighted by Gasteiger charge is -2.03. The van der Waals surface area contributed by atoms with Crippen molar-refractivity contribution in [2.24, 2.45) is 5.73 Å². The maximum atomic E-state index is 10.7. The molecule has 2 rings (SSSR count). The zero-order valence-corrected chi connectivity index (χ0v) is 7.51. The maximum absolute atomic E-state index is 10.7. The first-order valence-electron chi connectivity index (χ1n) is 4.16. The minimum Gasteiger partial charge on any atom is -0.442 e. The predicted molar refractivity (Wildman–Crippen MR) is 44.8 cm³/mol. The second kappa shape index (κ2) is 3.41. The summed E-state index contributed by atoms with van der Waals surface area (Å²) in [5, 5.41) is 21.2. The minimum absolute atomic E-state index is 0.0301. The molecule has 0 aromatic heterocycles. The van der Waals surface area contributed by atoms with Crippen LogP contribution in [0.2, 0.25) is 0 Å². The van der Waals surface area contributed by atoms with Gasteiger partial charge in [0.1, 0.15) is 0 Å². The third-order valence-electron chi connectivity index (χ3n) is 1.94. The second-order valence-electron chi connectivity index (χ2n) is 3.01. The molecule has 0 fully saturated rings. The SMILES string of the molecule is NC(=O)C1Oc2ccc(C([O])[O])cc2O1. The molecule has 1 unspecified atom stereocenters. The van der Waals surface area contributed by atoms with Crippen molar-refractivity contribution in [3.8, 4) is 11.5 Å². The number of rotatable bonds is 2. The van der Waals surface area contributed by atoms with Gasteiger partial charge in [0.05, 0.1) is 0 Å². The van der Waals surface area contributed by atoms with Gasteiger partial charge in [0.15, 0.2) is 11.5 Å². The van der Waals surface area contributed by atoms with Gasteiger partial charge in [-0.2, -0.15) is 10.2 Å². The average molecular weight is 209 g/mol. The summed E-state index contributed by atoms with van der Waals surface area (Å²) in [7, 11) is 0. The molecule has 2 N–H and O–H groups in total. The van der Waals surface area contributed by atoms with Gasteiger partial charge < -0.3 is 15.2 Å². The number of carbonyl (C=O) groups excluding carboxylic acids is 1. The first-order valence-corrected chi connectivity index (χ1v) is 4.16. The van der Waals surface area contributed by atoms with Gasteiger partial charge in [-0.3, -0.25) is 4.79 Å². The number of fused-ring (bicyclic) bond motifs is 1. The Kier molecular flexibility index (Phi) is 2.22. The number of hydrogen-bond acceptors (Lipinski definition) is 3. The van der Waals surface area contributed by atoms with E-state index in [1.807, 2.05) is 0 Å². The van der Waals surface area contributed by atoms with E-state index >= 15 is 0 Å². The van der Waals surface area contributed by atoms with Gasteiger partial charge in [-0.1, -0.05) is 0 Å². The van der Waals surface area contributed by atoms with Gasteiger partial charge in [-0.05, 0) is 18.2 Å². The molecular weight excluding hydrogens is 202 g/mol. The molecule has 0 saturated carbocycles. The molecule has 0 bridgehead atoms. The van der Waals surface area contributed by atoms with Gasteiger partial charge in [0.2, 0.25) is 6.29 Å². The smallest absolute Gasteiger partial charge is 0.321 e. The highest BCUT2D eigenvalue weighted by Gasteiger charge is 2.29. The van der Waals surface area contributed by atoms with Crippen molar-refractivity contribution in [1.82, 2.24) is 0 Å². The van der Waals surface area contributed by atoms with Crippen LogP contribution < -0.4 is 15.2 Å². The fraction of sp³-hybridized carbons (Fsp3) is 0.222. The number of primary amides is 1. The van der Waals surface area contributed by atoms with Crippen molar-refractivity contribution in [2.75, 3.05) is 0 Å². The van der Waals surface area contributed by atoms with Crippen LogP contribution in [0.15, 0.2) is 18.2 Å². The summed E-state index contributed by atoms with van der Waals surface area (Å²) < 4.78 is 9.99. The van der Waals surface area contributed by atoms with Crippen molar-refractivity contribution in [3.63, 3.8) is 0 Å². The summed E-state index contributed by atoms with van der Waals surface area (Å²) in [6.45, 7) is 0. The molecule has 1 atom stereocenters. The lowest BCUT2D eigenvalue weighted by molar-refractivity contribution is -0.141. The number of ether oxygens (including phenoxy) is 2. The highest BCUT2D eigenvalue weighted by Crippen LogP contribution is 2.36. The summed E-state index contributed by atoms with van der Waals surface area (Å²) in [4.78, 5) is 10.7. The molecule has 6 heteroatoms. The van der Waals surface area contributed by atoms with Crippen LogP contribution in [-0.2, 0) is 15.0 Å². The first kappa shape index (κ1) is 9.75. The van der Waals surface area contributed by atoms with Crippen LogP contribution in [0.1, 0.15) is 11.9 Å². The molecule has 1 aromatic carbocycles. The van der Waals surface area contributed by atoms with E-state index in [0.717, 1.165) is 0 Å². The van der Waals surface area contributed by atoms with Crippen LogP contribution in [0.25, 0.3) is 0 Å². The van der Waals surface area contributed by atoms with Gasteiger partial charge in [0.25, 0.3) is 5.91 Å². The zero-order chi connectivity index (χ0) is 11.0. The van der Waals surface area contributed by atoms with Gasteiger partial charge in [-0.25, -0.2) is 0 Å². The first-order chi connectivity index (χ1) is 7.08. The molecule has 1 aliphatic rings. The van der Waals surface area contributed by atoms with Crippen molar-refractivity contribution in [3.05, 3.63) is 23.8 Å². The molecule has 1 aromatic rings. The fourth-order valence-electron chi connectivity index (χ4n) is 1.23. The zero-order valence-electron chi connectivity index (χ0n) is 7.51. The Bertz CT molecular complexity index is 403. The highest BCUT2D eigenvalue weighted by atomic mass is 16.7. The number of benzene rings is 1. The summed E-state index contributed by atoms with van der Waals surface area (Å²) in [5.41, 5.74) is 4.99. The van der Waals surface area contributed by atoms with E-state index in [1.165, 1.54) is 18.2 Å². The van der Waals surface area contributed by atoms with E-state index in [2.05, 4.69) is 0 Å². The molecule has 1 heterocycles. The lowest BCUT2D eigenvalue weighted by atomic mass is 10.2. The Morgan fingerprint density at radius 3 is 2.53 bits per heavy atom. The number of nitrogens with two attached hydrogens (primary N) is 1. The Labute approximate surface area is 84.8 Å². The van der Waals surface area contributed by atoms with E-state index in [4.69, 9.17) is 15.2 Å². The Morgan fingerprint density at radius 1 is 1.27 bits per heavy atom. The van der Waals surface area contributed by atoms with Gasteiger partial charge >= 0.3 is 6.29 Å². The summed E-state index contributed by atoms with van der Waals surface area (Å²) in [6.07, 6.45) is -3.28. The Morgan fingerprint density at radius 2 is 1.93 bits per heavy atom. The third kappa shape index (κ3) is 1.72. The number of carbonyl (C=O) groups is 1. The largest absolute Gasteiger partial charge is 0.442 e. The fourth-order valence-corrected chi connectivity index (χ4v) is 1.23. The van der Waals surface area contributed by atoms with Crippen LogP contribution in [0.3, 0.4) is 0 Å². The lowest BCUT2D eigenvalue weighted by Crippen LogP contribution is -2.35. The summed E-state index contributed by atoms with van der Waals surface area (Å²) >= 11 is 0. The van der Waals surface area contributed by atoms with Crippen LogP contribution in [0.5, 0.6) is 11.5 Å². The van der Waals surface area contributed by atoms with E-state index in [1.54, 1.807) is 0 Å². The van der Waals surface area contributed by atoms with Crippen LogP contribution in [0.4, 0.5) is 0 Å². The Balaban J connectivity index is 2.27. The molecular formula is C9H7NO5. The Hall–Kier alpha value is -1.79. The minimum atomic E-state index is -2.09. The molecule has 0 saturated heterocycles. The average Bonchev–Trinajstić information content (AvgIpc) is 2.59. The highest BCUT2D eigenvalue weighted by molar-refractivity contribution is 5.79. The van der Waals surface area contributed by atoms with Crippen molar-refractivity contribution in [1.29, 1.82) is 0 Å². The molecule has 2 radical (unpaired) electrons. The van der Waals surface area contributed by atoms with Crippen molar-refractivity contribution < 1.29 is 24.5 Å². The molecule has 78 valence electrons. The molecule has 15 heavy (non-hydrogen) atoms. The van der Waals surface area contributed by atoms with E-state index in [9.17, 15) is 15.0 Å². The normalized spacial score (nSPS) is 18.2. The van der Waals surface area contributed by atoms with Crippen molar-refractivity contribution >= 4 is 5.91 Å². The quantitative estimate of drug-likeness (QED) is 0.700. The number of amides is 1. The molecule has 0 aliphatic carbocycles. The summed E-state index contributed by atoms with van der Waals surface area (Å²) in [5.74, 6) is -0.287. The second-order valence-corrected chi connectivity index (χ2v) is 3.01. The van der Waals surface area contributed by atoms with Gasteiger partial charge in [-0.15, -0.1) is 0 Å². The standard InChI is InChI=1S/C9H7NO5/c10-7(11)9-14-5-2-1-4(8(12)13)3-6(5)15-9/h1-3,8-9H,(H2,10,11). The van der Waals surface area contributed by atoms with Crippen LogP contribution >= 0.6 is 0 Å². The molecule has 1 aliphatic heterocycles. The topological polar surface area (TPSA) is 101 Å².